The summed E-state index contributed by atoms with van der Waals surface area (Å²) in [4.78, 5) is 38.2. The van der Waals surface area contributed by atoms with Crippen LogP contribution in [0.5, 0.6) is 0 Å². The lowest BCUT2D eigenvalue weighted by Crippen LogP contribution is -2.25. The Morgan fingerprint density at radius 1 is 1.08 bits per heavy atom. The Morgan fingerprint density at radius 2 is 1.84 bits per heavy atom. The third kappa shape index (κ3) is 3.58. The fraction of sp³-hybridized carbons (Fsp3) is 0.105. The van der Waals surface area contributed by atoms with Gasteiger partial charge in [0.25, 0.3) is 11.5 Å². The lowest BCUT2D eigenvalue weighted by Gasteiger charge is -2.09. The number of nitrogens with one attached hydrogen (secondary N) is 2. The molecule has 0 aliphatic carbocycles. The number of carbonyl (C=O) groups is 2. The summed E-state index contributed by atoms with van der Waals surface area (Å²) >= 11 is 0. The van der Waals surface area contributed by atoms with Crippen molar-refractivity contribution < 1.29 is 14.3 Å². The van der Waals surface area contributed by atoms with Crippen molar-refractivity contribution in [1.29, 1.82) is 0 Å². The van der Waals surface area contributed by atoms with Crippen molar-refractivity contribution in [3.05, 3.63) is 76.2 Å². The number of aromatic nitrogens is 1. The zero-order chi connectivity index (χ0) is 17.8. The first-order valence-corrected chi connectivity index (χ1v) is 7.69. The smallest absolute Gasteiger partial charge is 0.344 e. The number of hydrogen-bond acceptors (Lipinski definition) is 4. The molecular weight excluding hydrogens is 320 g/mol. The van der Waals surface area contributed by atoms with Gasteiger partial charge in [0.1, 0.15) is 5.56 Å². The zero-order valence-electron chi connectivity index (χ0n) is 13.5. The first-order chi connectivity index (χ1) is 12.1. The number of amides is 1. The number of aryl methyl sites for hydroxylation is 1. The molecule has 0 radical (unpaired) electrons. The summed E-state index contributed by atoms with van der Waals surface area (Å²) in [5.41, 5.74) is 0.482. The van der Waals surface area contributed by atoms with Gasteiger partial charge in [0.05, 0.1) is 0 Å². The van der Waals surface area contributed by atoms with E-state index in [2.05, 4.69) is 10.3 Å². The van der Waals surface area contributed by atoms with Crippen molar-refractivity contribution >= 4 is 28.3 Å². The van der Waals surface area contributed by atoms with Gasteiger partial charge in [-0.05, 0) is 30.0 Å². The van der Waals surface area contributed by atoms with Crippen LogP contribution in [-0.4, -0.2) is 23.5 Å². The summed E-state index contributed by atoms with van der Waals surface area (Å²) in [5.74, 6) is -1.30. The SMILES string of the molecule is Cc1cc[nH]c(=O)c1C(=O)OCC(=O)Nc1cccc2ccccc12. The second-order valence-electron chi connectivity index (χ2n) is 5.52. The largest absolute Gasteiger partial charge is 0.452 e. The number of pyridine rings is 1. The summed E-state index contributed by atoms with van der Waals surface area (Å²) in [5, 5.41) is 4.60. The van der Waals surface area contributed by atoms with Crippen LogP contribution in [0.4, 0.5) is 5.69 Å². The normalized spacial score (nSPS) is 10.4. The molecule has 1 heterocycles. The van der Waals surface area contributed by atoms with E-state index in [0.717, 1.165) is 10.8 Å². The average molecular weight is 336 g/mol. The molecule has 25 heavy (non-hydrogen) atoms. The van der Waals surface area contributed by atoms with Gasteiger partial charge < -0.3 is 15.0 Å². The van der Waals surface area contributed by atoms with Crippen molar-refractivity contribution in [2.24, 2.45) is 0 Å². The Labute approximate surface area is 143 Å². The van der Waals surface area contributed by atoms with Gasteiger partial charge in [-0.1, -0.05) is 36.4 Å². The van der Waals surface area contributed by atoms with Gasteiger partial charge in [0, 0.05) is 17.3 Å². The second kappa shape index (κ2) is 7.00. The van der Waals surface area contributed by atoms with Crippen molar-refractivity contribution in [3.8, 4) is 0 Å². The highest BCUT2D eigenvalue weighted by Crippen LogP contribution is 2.22. The highest BCUT2D eigenvalue weighted by molar-refractivity contribution is 6.03. The van der Waals surface area contributed by atoms with E-state index in [4.69, 9.17) is 4.74 Å². The molecule has 0 spiro atoms. The third-order valence-electron chi connectivity index (χ3n) is 3.77. The zero-order valence-corrected chi connectivity index (χ0v) is 13.5. The van der Waals surface area contributed by atoms with Crippen molar-refractivity contribution in [2.75, 3.05) is 11.9 Å². The van der Waals surface area contributed by atoms with E-state index in [1.165, 1.54) is 6.20 Å². The molecule has 1 amide bonds. The quantitative estimate of drug-likeness (QED) is 0.717. The van der Waals surface area contributed by atoms with E-state index in [-0.39, 0.29) is 5.56 Å². The van der Waals surface area contributed by atoms with Gasteiger partial charge in [0.2, 0.25) is 0 Å². The molecular formula is C19H16N2O4. The lowest BCUT2D eigenvalue weighted by molar-refractivity contribution is -0.119. The van der Waals surface area contributed by atoms with Gasteiger partial charge in [-0.15, -0.1) is 0 Å². The van der Waals surface area contributed by atoms with Crippen LogP contribution in [0.3, 0.4) is 0 Å². The lowest BCUT2D eigenvalue weighted by atomic mass is 10.1. The Balaban J connectivity index is 1.69. The Bertz CT molecular complexity index is 1000. The molecule has 3 rings (SSSR count). The highest BCUT2D eigenvalue weighted by atomic mass is 16.5. The molecule has 3 aromatic rings. The molecule has 0 bridgehead atoms. The number of carbonyl (C=O) groups excluding carboxylic acids is 2. The molecule has 0 saturated carbocycles. The summed E-state index contributed by atoms with van der Waals surface area (Å²) in [6.45, 7) is 1.15. The number of benzene rings is 2. The molecule has 0 aliphatic rings. The van der Waals surface area contributed by atoms with Crippen LogP contribution < -0.4 is 10.9 Å². The minimum absolute atomic E-state index is 0.0968. The van der Waals surface area contributed by atoms with Crippen LogP contribution in [0.1, 0.15) is 15.9 Å². The standard InChI is InChI=1S/C19H16N2O4/c1-12-9-10-20-18(23)17(12)19(24)25-11-16(22)21-15-8-4-6-13-5-2-3-7-14(13)15/h2-10H,11H2,1H3,(H,20,23)(H,21,22). The Kier molecular flexibility index (Phi) is 4.61. The van der Waals surface area contributed by atoms with E-state index in [0.29, 0.717) is 11.3 Å². The third-order valence-corrected chi connectivity index (χ3v) is 3.77. The number of fused-ring (bicyclic) bond motifs is 1. The minimum atomic E-state index is -0.826. The van der Waals surface area contributed by atoms with Crippen LogP contribution in [0.25, 0.3) is 10.8 Å². The molecule has 2 aromatic carbocycles. The van der Waals surface area contributed by atoms with E-state index < -0.39 is 24.0 Å². The monoisotopic (exact) mass is 336 g/mol. The first-order valence-electron chi connectivity index (χ1n) is 7.69. The maximum Gasteiger partial charge on any atom is 0.344 e. The van der Waals surface area contributed by atoms with Crippen LogP contribution in [-0.2, 0) is 9.53 Å². The van der Waals surface area contributed by atoms with E-state index in [1.807, 2.05) is 36.4 Å². The molecule has 0 aliphatic heterocycles. The minimum Gasteiger partial charge on any atom is -0.452 e. The summed E-state index contributed by atoms with van der Waals surface area (Å²) in [7, 11) is 0. The predicted molar refractivity (Wildman–Crippen MR) is 94.7 cm³/mol. The van der Waals surface area contributed by atoms with Crippen LogP contribution in [0, 0.1) is 6.92 Å². The second-order valence-corrected chi connectivity index (χ2v) is 5.52. The van der Waals surface area contributed by atoms with Crippen molar-refractivity contribution in [1.82, 2.24) is 4.98 Å². The van der Waals surface area contributed by atoms with Gasteiger partial charge in [-0.2, -0.15) is 0 Å². The van der Waals surface area contributed by atoms with E-state index >= 15 is 0 Å². The Hall–Kier alpha value is -3.41. The van der Waals surface area contributed by atoms with Crippen LogP contribution >= 0.6 is 0 Å². The van der Waals surface area contributed by atoms with Crippen LogP contribution in [0.2, 0.25) is 0 Å². The Morgan fingerprint density at radius 3 is 2.64 bits per heavy atom. The number of hydrogen-bond donors (Lipinski definition) is 2. The average Bonchev–Trinajstić information content (AvgIpc) is 2.60. The van der Waals surface area contributed by atoms with Gasteiger partial charge in [-0.25, -0.2) is 4.79 Å². The van der Waals surface area contributed by atoms with Gasteiger partial charge in [0.15, 0.2) is 6.61 Å². The fourth-order valence-electron chi connectivity index (χ4n) is 2.55. The molecule has 0 fully saturated rings. The summed E-state index contributed by atoms with van der Waals surface area (Å²) < 4.78 is 4.96. The van der Waals surface area contributed by atoms with Gasteiger partial charge >= 0.3 is 5.97 Å². The maximum absolute atomic E-state index is 12.1. The number of H-pyrrole nitrogens is 1. The number of aromatic amines is 1. The number of anilines is 1. The number of rotatable bonds is 4. The molecule has 0 saturated heterocycles. The van der Waals surface area contributed by atoms with Crippen molar-refractivity contribution in [3.63, 3.8) is 0 Å². The molecule has 0 atom stereocenters. The molecule has 6 heteroatoms. The number of esters is 1. The van der Waals surface area contributed by atoms with Crippen LogP contribution in [0.15, 0.2) is 59.5 Å². The first kappa shape index (κ1) is 16.4. The summed E-state index contributed by atoms with van der Waals surface area (Å²) in [6, 6.07) is 14.8. The van der Waals surface area contributed by atoms with Crippen molar-refractivity contribution in [2.45, 2.75) is 6.92 Å². The predicted octanol–water partition coefficient (Wildman–Crippen LogP) is 2.63. The fourth-order valence-corrected chi connectivity index (χ4v) is 2.55. The molecule has 6 nitrogen and oxygen atoms in total. The van der Waals surface area contributed by atoms with E-state index in [9.17, 15) is 14.4 Å². The maximum atomic E-state index is 12.1. The molecule has 0 unspecified atom stereocenters. The summed E-state index contributed by atoms with van der Waals surface area (Å²) in [6.07, 6.45) is 1.45. The molecule has 1 aromatic heterocycles. The van der Waals surface area contributed by atoms with E-state index in [1.54, 1.807) is 19.1 Å². The molecule has 126 valence electrons. The molecule has 2 N–H and O–H groups in total. The number of ether oxygens (including phenoxy) is 1. The highest BCUT2D eigenvalue weighted by Gasteiger charge is 2.16. The topological polar surface area (TPSA) is 88.3 Å². The van der Waals surface area contributed by atoms with Gasteiger partial charge in [-0.3, -0.25) is 9.59 Å².